The molecule has 0 unspecified atom stereocenters. The number of pyridine rings is 2. The van der Waals surface area contributed by atoms with Crippen LogP contribution in [0.2, 0.25) is 5.02 Å². The van der Waals surface area contributed by atoms with Gasteiger partial charge in [-0.1, -0.05) is 60.1 Å². The molecular weight excluding hydrogens is 492 g/mol. The molecule has 0 aliphatic carbocycles. The zero-order valence-corrected chi connectivity index (χ0v) is 22.6. The molecule has 7 heteroatoms. The third-order valence-electron chi connectivity index (χ3n) is 6.24. The van der Waals surface area contributed by atoms with E-state index in [0.717, 1.165) is 75.3 Å². The summed E-state index contributed by atoms with van der Waals surface area (Å²) in [6.07, 6.45) is 4.64. The van der Waals surface area contributed by atoms with E-state index in [1.165, 1.54) is 16.7 Å². The van der Waals surface area contributed by atoms with E-state index < -0.39 is 0 Å². The lowest BCUT2D eigenvalue weighted by Crippen LogP contribution is -2.38. The number of hydrogen-bond donors (Lipinski definition) is 3. The third kappa shape index (κ3) is 10.3. The van der Waals surface area contributed by atoms with Crippen molar-refractivity contribution in [1.82, 2.24) is 30.8 Å². The summed E-state index contributed by atoms with van der Waals surface area (Å²) in [6.45, 7) is 6.77. The van der Waals surface area contributed by atoms with Crippen molar-refractivity contribution in [2.75, 3.05) is 26.3 Å². The Morgan fingerprint density at radius 2 is 1.32 bits per heavy atom. The molecule has 0 bridgehead atoms. The number of hydrogen-bond acceptors (Lipinski definition) is 6. The monoisotopic (exact) mass is 528 g/mol. The number of benzene rings is 2. The van der Waals surface area contributed by atoms with Crippen molar-refractivity contribution >= 4 is 11.6 Å². The second-order valence-corrected chi connectivity index (χ2v) is 9.77. The summed E-state index contributed by atoms with van der Waals surface area (Å²) in [5.74, 6) is 0. The number of nitrogens with zero attached hydrogens (tertiary/aromatic N) is 3. The first-order valence-electron chi connectivity index (χ1n) is 13.2. The number of halogens is 1. The van der Waals surface area contributed by atoms with Crippen molar-refractivity contribution in [3.63, 3.8) is 0 Å². The zero-order chi connectivity index (χ0) is 26.3. The maximum atomic E-state index is 6.08. The Hall–Kier alpha value is -3.13. The summed E-state index contributed by atoms with van der Waals surface area (Å²) < 4.78 is 0. The predicted octanol–water partition coefficient (Wildman–Crippen LogP) is 4.80. The van der Waals surface area contributed by atoms with Gasteiger partial charge in [-0.25, -0.2) is 0 Å². The summed E-state index contributed by atoms with van der Waals surface area (Å²) >= 11 is 6.08. The van der Waals surface area contributed by atoms with Crippen LogP contribution in [0.5, 0.6) is 0 Å². The van der Waals surface area contributed by atoms with Gasteiger partial charge in [0.1, 0.15) is 0 Å². The van der Waals surface area contributed by atoms with Crippen LogP contribution in [-0.2, 0) is 32.6 Å². The molecule has 0 aliphatic rings. The van der Waals surface area contributed by atoms with E-state index in [-0.39, 0.29) is 0 Å². The minimum atomic E-state index is 0.749. The van der Waals surface area contributed by atoms with Crippen LogP contribution in [0.1, 0.15) is 28.1 Å². The lowest BCUT2D eigenvalue weighted by Gasteiger charge is -2.23. The van der Waals surface area contributed by atoms with Gasteiger partial charge in [-0.3, -0.25) is 20.2 Å². The van der Waals surface area contributed by atoms with Crippen LogP contribution in [-0.4, -0.2) is 41.2 Å². The van der Waals surface area contributed by atoms with E-state index in [1.54, 1.807) is 0 Å². The van der Waals surface area contributed by atoms with Gasteiger partial charge in [0.25, 0.3) is 0 Å². The van der Waals surface area contributed by atoms with E-state index in [4.69, 9.17) is 11.6 Å². The SMILES string of the molecule is Clc1cccc(CCNCc2ccc(CN(CCNCc3ccccn3)CNCc3ccccn3)cc2)c1. The predicted molar refractivity (Wildman–Crippen MR) is 156 cm³/mol. The highest BCUT2D eigenvalue weighted by Gasteiger charge is 2.07. The van der Waals surface area contributed by atoms with E-state index in [0.29, 0.717) is 0 Å². The van der Waals surface area contributed by atoms with Crippen LogP contribution in [0, 0.1) is 0 Å². The van der Waals surface area contributed by atoms with Crippen molar-refractivity contribution in [3.05, 3.63) is 130 Å². The van der Waals surface area contributed by atoms with Crippen molar-refractivity contribution < 1.29 is 0 Å². The Morgan fingerprint density at radius 3 is 2.00 bits per heavy atom. The molecule has 38 heavy (non-hydrogen) atoms. The Balaban J connectivity index is 1.23. The molecular formula is C31H37ClN6. The van der Waals surface area contributed by atoms with Crippen molar-refractivity contribution in [1.29, 1.82) is 0 Å². The van der Waals surface area contributed by atoms with Crippen LogP contribution in [0.15, 0.2) is 97.3 Å². The van der Waals surface area contributed by atoms with Crippen LogP contribution < -0.4 is 16.0 Å². The second kappa shape index (κ2) is 16.0. The number of rotatable bonds is 16. The van der Waals surface area contributed by atoms with Crippen LogP contribution in [0.4, 0.5) is 0 Å². The molecule has 4 rings (SSSR count). The molecule has 0 fully saturated rings. The fourth-order valence-electron chi connectivity index (χ4n) is 4.19. The molecule has 3 N–H and O–H groups in total. The first-order chi connectivity index (χ1) is 18.7. The average molecular weight is 529 g/mol. The molecule has 2 heterocycles. The fourth-order valence-corrected chi connectivity index (χ4v) is 4.41. The Labute approximate surface area is 231 Å². The molecule has 6 nitrogen and oxygen atoms in total. The molecule has 198 valence electrons. The molecule has 2 aromatic heterocycles. The Kier molecular flexibility index (Phi) is 11.7. The van der Waals surface area contributed by atoms with Crippen LogP contribution in [0.3, 0.4) is 0 Å². The van der Waals surface area contributed by atoms with Crippen LogP contribution >= 0.6 is 11.6 Å². The second-order valence-electron chi connectivity index (χ2n) is 9.33. The molecule has 4 aromatic rings. The van der Waals surface area contributed by atoms with Crippen molar-refractivity contribution in [2.45, 2.75) is 32.6 Å². The van der Waals surface area contributed by atoms with Gasteiger partial charge in [0.05, 0.1) is 11.4 Å². The van der Waals surface area contributed by atoms with Gasteiger partial charge in [-0.05, 0) is 66.1 Å². The van der Waals surface area contributed by atoms with E-state index in [1.807, 2.05) is 67.0 Å². The van der Waals surface area contributed by atoms with Gasteiger partial charge in [0, 0.05) is 63.4 Å². The summed E-state index contributed by atoms with van der Waals surface area (Å²) in [5.41, 5.74) is 5.96. The summed E-state index contributed by atoms with van der Waals surface area (Å²) in [6, 6.07) is 29.0. The number of nitrogens with one attached hydrogen (secondary N) is 3. The van der Waals surface area contributed by atoms with E-state index in [9.17, 15) is 0 Å². The number of aromatic nitrogens is 2. The van der Waals surface area contributed by atoms with Gasteiger partial charge in [-0.2, -0.15) is 0 Å². The summed E-state index contributed by atoms with van der Waals surface area (Å²) in [5, 5.41) is 11.4. The molecule has 0 radical (unpaired) electrons. The van der Waals surface area contributed by atoms with E-state index in [2.05, 4.69) is 61.2 Å². The molecule has 0 spiro atoms. The first kappa shape index (κ1) is 27.9. The molecule has 0 amide bonds. The van der Waals surface area contributed by atoms with Gasteiger partial charge in [-0.15, -0.1) is 0 Å². The first-order valence-corrected chi connectivity index (χ1v) is 13.6. The largest absolute Gasteiger partial charge is 0.312 e. The smallest absolute Gasteiger partial charge is 0.0542 e. The van der Waals surface area contributed by atoms with Gasteiger partial charge < -0.3 is 10.6 Å². The standard InChI is InChI=1S/C31H37ClN6/c32-29-7-5-6-26(20-29)14-17-33-21-27-10-12-28(13-11-27)24-38(25-35-23-31-9-2-4-16-37-31)19-18-34-22-30-8-1-3-15-36-30/h1-13,15-16,20,33-35H,14,17-19,21-25H2. The maximum absolute atomic E-state index is 6.08. The summed E-state index contributed by atoms with van der Waals surface area (Å²) in [7, 11) is 0. The van der Waals surface area contributed by atoms with Crippen molar-refractivity contribution in [3.8, 4) is 0 Å². The highest BCUT2D eigenvalue weighted by atomic mass is 35.5. The molecule has 0 atom stereocenters. The quantitative estimate of drug-likeness (QED) is 0.143. The Morgan fingerprint density at radius 1 is 0.632 bits per heavy atom. The van der Waals surface area contributed by atoms with Gasteiger partial charge >= 0.3 is 0 Å². The lowest BCUT2D eigenvalue weighted by molar-refractivity contribution is 0.242. The highest BCUT2D eigenvalue weighted by molar-refractivity contribution is 6.30. The van der Waals surface area contributed by atoms with Crippen LogP contribution in [0.25, 0.3) is 0 Å². The topological polar surface area (TPSA) is 65.1 Å². The highest BCUT2D eigenvalue weighted by Crippen LogP contribution is 2.11. The lowest BCUT2D eigenvalue weighted by atomic mass is 10.1. The average Bonchev–Trinajstić information content (AvgIpc) is 2.95. The van der Waals surface area contributed by atoms with E-state index >= 15 is 0 Å². The molecule has 0 aliphatic heterocycles. The van der Waals surface area contributed by atoms with Gasteiger partial charge in [0.2, 0.25) is 0 Å². The summed E-state index contributed by atoms with van der Waals surface area (Å²) in [4.78, 5) is 11.2. The molecule has 0 saturated heterocycles. The Bertz CT molecular complexity index is 1190. The minimum Gasteiger partial charge on any atom is -0.312 e. The van der Waals surface area contributed by atoms with Crippen molar-refractivity contribution in [2.24, 2.45) is 0 Å². The minimum absolute atomic E-state index is 0.749. The maximum Gasteiger partial charge on any atom is 0.0542 e. The zero-order valence-electron chi connectivity index (χ0n) is 21.8. The molecule has 0 saturated carbocycles. The fraction of sp³-hybridized carbons (Fsp3) is 0.290. The molecule has 2 aromatic carbocycles. The third-order valence-corrected chi connectivity index (χ3v) is 6.48. The van der Waals surface area contributed by atoms with Gasteiger partial charge in [0.15, 0.2) is 0 Å². The normalized spacial score (nSPS) is 11.2.